The molecule has 0 saturated carbocycles. The van der Waals surface area contributed by atoms with E-state index in [-0.39, 0.29) is 10.9 Å². The number of pyridine rings is 1. The van der Waals surface area contributed by atoms with E-state index in [9.17, 15) is 4.79 Å². The van der Waals surface area contributed by atoms with Gasteiger partial charge in [-0.3, -0.25) is 4.79 Å². The van der Waals surface area contributed by atoms with E-state index in [1.54, 1.807) is 17.7 Å². The summed E-state index contributed by atoms with van der Waals surface area (Å²) < 4.78 is 1.65. The van der Waals surface area contributed by atoms with E-state index in [4.69, 9.17) is 28.2 Å². The third-order valence-corrected chi connectivity index (χ3v) is 7.16. The normalized spacial score (nSPS) is 12.2. The highest BCUT2D eigenvalue weighted by Gasteiger charge is 2.17. The standard InChI is InChI=1S/C26H18Cl2N2OS/c1-30-23-12-9-18(25(28)17-7-10-19(27)11-8-17)13-20(23)21(14-24(30)31)26-29-22(15-32-26)16-5-3-2-4-6-16/h2-15,25H,1H3. The number of fused-ring (bicyclic) bond motifs is 1. The number of halogens is 2. The number of nitrogens with zero attached hydrogens (tertiary/aromatic N) is 2. The van der Waals surface area contributed by atoms with Gasteiger partial charge in [0.15, 0.2) is 0 Å². The Balaban J connectivity index is 1.65. The lowest BCUT2D eigenvalue weighted by molar-refractivity contribution is 0.906. The highest BCUT2D eigenvalue weighted by atomic mass is 35.5. The number of hydrogen-bond donors (Lipinski definition) is 0. The fourth-order valence-corrected chi connectivity index (χ4v) is 5.04. The molecule has 0 fully saturated rings. The first-order valence-electron chi connectivity index (χ1n) is 10.1. The van der Waals surface area contributed by atoms with Crippen LogP contribution >= 0.6 is 34.5 Å². The Bertz CT molecular complexity index is 1470. The Kier molecular flexibility index (Phi) is 5.60. The fourth-order valence-electron chi connectivity index (χ4n) is 3.78. The van der Waals surface area contributed by atoms with Gasteiger partial charge in [0.05, 0.1) is 16.6 Å². The van der Waals surface area contributed by atoms with Crippen molar-refractivity contribution in [1.29, 1.82) is 0 Å². The van der Waals surface area contributed by atoms with Crippen LogP contribution in [0.25, 0.3) is 32.7 Å². The van der Waals surface area contributed by atoms with Crippen LogP contribution in [0.15, 0.2) is 89.0 Å². The first-order chi connectivity index (χ1) is 15.5. The number of hydrogen-bond acceptors (Lipinski definition) is 3. The summed E-state index contributed by atoms with van der Waals surface area (Å²) in [4.78, 5) is 17.5. The summed E-state index contributed by atoms with van der Waals surface area (Å²) in [6.07, 6.45) is 0. The Morgan fingerprint density at radius 3 is 2.41 bits per heavy atom. The molecular weight excluding hydrogens is 459 g/mol. The van der Waals surface area contributed by atoms with Crippen molar-refractivity contribution in [2.45, 2.75) is 5.38 Å². The van der Waals surface area contributed by atoms with Gasteiger partial charge in [-0.1, -0.05) is 60.1 Å². The number of thiazole rings is 1. The van der Waals surface area contributed by atoms with Gasteiger partial charge in [0.2, 0.25) is 0 Å². The lowest BCUT2D eigenvalue weighted by Gasteiger charge is -2.14. The second-order valence-corrected chi connectivity index (χ2v) is 9.28. The van der Waals surface area contributed by atoms with Crippen LogP contribution in [0, 0.1) is 0 Å². The Hall–Kier alpha value is -2.92. The first-order valence-corrected chi connectivity index (χ1v) is 11.8. The molecule has 158 valence electrons. The number of benzene rings is 3. The van der Waals surface area contributed by atoms with Crippen LogP contribution in [0.2, 0.25) is 5.02 Å². The molecule has 0 bridgehead atoms. The van der Waals surface area contributed by atoms with Crippen molar-refractivity contribution in [3.8, 4) is 21.8 Å². The van der Waals surface area contributed by atoms with Gasteiger partial charge in [-0.05, 0) is 35.4 Å². The van der Waals surface area contributed by atoms with Crippen LogP contribution < -0.4 is 5.56 Å². The van der Waals surface area contributed by atoms with Crippen molar-refractivity contribution in [3.05, 3.63) is 111 Å². The second kappa shape index (κ2) is 8.55. The van der Waals surface area contributed by atoms with E-state index in [1.165, 1.54) is 11.3 Å². The predicted molar refractivity (Wildman–Crippen MR) is 135 cm³/mol. The Morgan fingerprint density at radius 2 is 1.66 bits per heavy atom. The van der Waals surface area contributed by atoms with Crippen LogP contribution in [-0.4, -0.2) is 9.55 Å². The maximum absolute atomic E-state index is 12.7. The molecule has 3 aromatic carbocycles. The highest BCUT2D eigenvalue weighted by molar-refractivity contribution is 7.13. The van der Waals surface area contributed by atoms with E-state index in [0.717, 1.165) is 43.9 Å². The van der Waals surface area contributed by atoms with Crippen molar-refractivity contribution < 1.29 is 0 Å². The lowest BCUT2D eigenvalue weighted by Crippen LogP contribution is -2.16. The largest absolute Gasteiger partial charge is 0.311 e. The highest BCUT2D eigenvalue weighted by Crippen LogP contribution is 2.36. The number of alkyl halides is 1. The maximum Gasteiger partial charge on any atom is 0.251 e. The summed E-state index contributed by atoms with van der Waals surface area (Å²) in [6, 6.07) is 25.2. The van der Waals surface area contributed by atoms with E-state index in [2.05, 4.69) is 6.07 Å². The van der Waals surface area contributed by atoms with Crippen molar-refractivity contribution in [3.63, 3.8) is 0 Å². The molecule has 0 saturated heterocycles. The minimum atomic E-state index is -0.335. The van der Waals surface area contributed by atoms with Crippen LogP contribution in [0.4, 0.5) is 0 Å². The molecule has 0 aliphatic carbocycles. The van der Waals surface area contributed by atoms with E-state index >= 15 is 0 Å². The van der Waals surface area contributed by atoms with Gasteiger partial charge in [-0.2, -0.15) is 0 Å². The average Bonchev–Trinajstić information content (AvgIpc) is 3.32. The van der Waals surface area contributed by atoms with E-state index in [0.29, 0.717) is 5.02 Å². The fraction of sp³-hybridized carbons (Fsp3) is 0.0769. The van der Waals surface area contributed by atoms with Crippen LogP contribution in [-0.2, 0) is 7.05 Å². The lowest BCUT2D eigenvalue weighted by atomic mass is 10.00. The SMILES string of the molecule is Cn1c(=O)cc(-c2nc(-c3ccccc3)cs2)c2cc(C(Cl)c3ccc(Cl)cc3)ccc21. The van der Waals surface area contributed by atoms with Crippen molar-refractivity contribution in [2.75, 3.05) is 0 Å². The third-order valence-electron chi connectivity index (χ3n) is 5.53. The molecular formula is C26H18Cl2N2OS. The summed E-state index contributed by atoms with van der Waals surface area (Å²) in [7, 11) is 1.78. The predicted octanol–water partition coefficient (Wildman–Crippen LogP) is 7.31. The quantitative estimate of drug-likeness (QED) is 0.255. The van der Waals surface area contributed by atoms with Crippen LogP contribution in [0.1, 0.15) is 16.5 Å². The minimum absolute atomic E-state index is 0.0724. The van der Waals surface area contributed by atoms with Gasteiger partial charge in [-0.15, -0.1) is 22.9 Å². The molecule has 0 aliphatic heterocycles. The van der Waals surface area contributed by atoms with Gasteiger partial charge >= 0.3 is 0 Å². The molecule has 5 rings (SSSR count). The van der Waals surface area contributed by atoms with Crippen molar-refractivity contribution in [2.24, 2.45) is 7.05 Å². The third kappa shape index (κ3) is 3.86. The van der Waals surface area contributed by atoms with Gasteiger partial charge < -0.3 is 4.57 Å². The summed E-state index contributed by atoms with van der Waals surface area (Å²) in [5.41, 5.74) is 5.43. The van der Waals surface area contributed by atoms with Gasteiger partial charge in [0, 0.05) is 40.0 Å². The maximum atomic E-state index is 12.7. The molecule has 2 heterocycles. The van der Waals surface area contributed by atoms with E-state index in [1.807, 2.05) is 72.1 Å². The smallest absolute Gasteiger partial charge is 0.251 e. The van der Waals surface area contributed by atoms with Gasteiger partial charge in [0.25, 0.3) is 5.56 Å². The average molecular weight is 477 g/mol. The zero-order valence-corrected chi connectivity index (χ0v) is 19.5. The number of aryl methyl sites for hydroxylation is 1. The first kappa shape index (κ1) is 21.0. The summed E-state index contributed by atoms with van der Waals surface area (Å²) >= 11 is 14.4. The summed E-state index contributed by atoms with van der Waals surface area (Å²) in [6.45, 7) is 0. The molecule has 5 aromatic rings. The number of rotatable bonds is 4. The molecule has 0 N–H and O–H groups in total. The Labute approximate surface area is 199 Å². The topological polar surface area (TPSA) is 34.9 Å². The van der Waals surface area contributed by atoms with Crippen LogP contribution in [0.3, 0.4) is 0 Å². The molecule has 3 nitrogen and oxygen atoms in total. The monoisotopic (exact) mass is 476 g/mol. The molecule has 1 unspecified atom stereocenters. The van der Waals surface area contributed by atoms with Crippen molar-refractivity contribution >= 4 is 45.4 Å². The molecule has 0 aliphatic rings. The van der Waals surface area contributed by atoms with Gasteiger partial charge in [-0.25, -0.2) is 4.98 Å². The molecule has 2 aromatic heterocycles. The molecule has 6 heteroatoms. The number of aromatic nitrogens is 2. The molecule has 0 spiro atoms. The zero-order valence-electron chi connectivity index (χ0n) is 17.1. The molecule has 1 atom stereocenters. The minimum Gasteiger partial charge on any atom is -0.311 e. The van der Waals surface area contributed by atoms with Crippen molar-refractivity contribution in [1.82, 2.24) is 9.55 Å². The van der Waals surface area contributed by atoms with E-state index < -0.39 is 0 Å². The summed E-state index contributed by atoms with van der Waals surface area (Å²) in [5.74, 6) is 0. The van der Waals surface area contributed by atoms with Gasteiger partial charge in [0.1, 0.15) is 5.01 Å². The zero-order chi connectivity index (χ0) is 22.2. The molecule has 0 radical (unpaired) electrons. The van der Waals surface area contributed by atoms with Crippen LogP contribution in [0.5, 0.6) is 0 Å². The summed E-state index contributed by atoms with van der Waals surface area (Å²) in [5, 5.41) is 4.11. The Morgan fingerprint density at radius 1 is 0.938 bits per heavy atom. The second-order valence-electron chi connectivity index (χ2n) is 7.55. The molecule has 0 amide bonds. The molecule has 32 heavy (non-hydrogen) atoms.